The first-order chi connectivity index (χ1) is 9.33. The minimum Gasteiger partial charge on any atom is -0.493 e. The third kappa shape index (κ3) is 4.04. The minimum atomic E-state index is 0.684. The molecule has 0 spiro atoms. The van der Waals surface area contributed by atoms with Gasteiger partial charge in [0.15, 0.2) is 0 Å². The molecule has 0 atom stereocenters. The van der Waals surface area contributed by atoms with E-state index in [0.717, 1.165) is 35.8 Å². The van der Waals surface area contributed by atoms with Crippen molar-refractivity contribution in [2.75, 3.05) is 13.7 Å². The molecular weight excluding hydrogens is 256 g/mol. The third-order valence-electron chi connectivity index (χ3n) is 2.88. The number of nitrogens with one attached hydrogen (secondary N) is 1. The molecule has 0 bridgehead atoms. The van der Waals surface area contributed by atoms with E-state index in [2.05, 4.69) is 34.7 Å². The summed E-state index contributed by atoms with van der Waals surface area (Å²) in [5.74, 6) is 0.997. The molecule has 0 saturated heterocycles. The number of aryl methyl sites for hydroxylation is 1. The van der Waals surface area contributed by atoms with Crippen LogP contribution in [0.2, 0.25) is 0 Å². The maximum Gasteiger partial charge on any atom is 0.122 e. The normalized spacial score (nSPS) is 10.6. The predicted octanol–water partition coefficient (Wildman–Crippen LogP) is 3.05. The van der Waals surface area contributed by atoms with Crippen LogP contribution in [-0.4, -0.2) is 18.6 Å². The number of para-hydroxylation sites is 1. The Balaban J connectivity index is 1.85. The zero-order chi connectivity index (χ0) is 13.5. The average molecular weight is 276 g/mol. The fourth-order valence-corrected chi connectivity index (χ4v) is 2.69. The van der Waals surface area contributed by atoms with Gasteiger partial charge in [0.25, 0.3) is 0 Å². The molecule has 102 valence electrons. The Morgan fingerprint density at radius 2 is 2.16 bits per heavy atom. The Bertz CT molecular complexity index is 510. The highest BCUT2D eigenvalue weighted by Crippen LogP contribution is 2.19. The van der Waals surface area contributed by atoms with Crippen molar-refractivity contribution >= 4 is 11.3 Å². The number of thiazole rings is 1. The van der Waals surface area contributed by atoms with Gasteiger partial charge in [-0.25, -0.2) is 4.98 Å². The second-order valence-electron chi connectivity index (χ2n) is 4.32. The summed E-state index contributed by atoms with van der Waals surface area (Å²) < 4.78 is 5.85. The average Bonchev–Trinajstić information content (AvgIpc) is 2.87. The summed E-state index contributed by atoms with van der Waals surface area (Å²) in [5.41, 5.74) is 2.37. The van der Waals surface area contributed by atoms with Gasteiger partial charge in [0, 0.05) is 18.3 Å². The molecule has 2 aromatic rings. The standard InChI is InChI=1S/C15H20N2OS/c1-3-12-6-4-5-7-14(12)18-9-8-15-17-13(10-16-2)11-19-15/h4-7,11,16H,3,8-10H2,1-2H3. The lowest BCUT2D eigenvalue weighted by molar-refractivity contribution is 0.318. The second kappa shape index (κ2) is 7.26. The lowest BCUT2D eigenvalue weighted by atomic mass is 10.1. The maximum absolute atomic E-state index is 5.85. The summed E-state index contributed by atoms with van der Waals surface area (Å²) in [4.78, 5) is 4.55. The van der Waals surface area contributed by atoms with Gasteiger partial charge < -0.3 is 10.1 Å². The predicted molar refractivity (Wildman–Crippen MR) is 79.9 cm³/mol. The lowest BCUT2D eigenvalue weighted by Crippen LogP contribution is -2.06. The highest BCUT2D eigenvalue weighted by molar-refractivity contribution is 7.09. The van der Waals surface area contributed by atoms with Gasteiger partial charge in [-0.05, 0) is 25.1 Å². The minimum absolute atomic E-state index is 0.684. The number of ether oxygens (including phenoxy) is 1. The summed E-state index contributed by atoms with van der Waals surface area (Å²) in [6.07, 6.45) is 1.87. The van der Waals surface area contributed by atoms with Crippen molar-refractivity contribution in [3.8, 4) is 5.75 Å². The first-order valence-corrected chi connectivity index (χ1v) is 7.50. The van der Waals surface area contributed by atoms with Gasteiger partial charge in [-0.3, -0.25) is 0 Å². The van der Waals surface area contributed by atoms with E-state index in [1.165, 1.54) is 5.56 Å². The van der Waals surface area contributed by atoms with E-state index in [4.69, 9.17) is 4.74 Å². The SMILES string of the molecule is CCc1ccccc1OCCc1nc(CNC)cs1. The molecule has 0 saturated carbocycles. The number of nitrogens with zero attached hydrogens (tertiary/aromatic N) is 1. The van der Waals surface area contributed by atoms with E-state index >= 15 is 0 Å². The van der Waals surface area contributed by atoms with Crippen LogP contribution in [0.4, 0.5) is 0 Å². The molecule has 1 heterocycles. The highest BCUT2D eigenvalue weighted by Gasteiger charge is 2.04. The van der Waals surface area contributed by atoms with Gasteiger partial charge in [0.1, 0.15) is 5.75 Å². The first-order valence-electron chi connectivity index (χ1n) is 6.62. The summed E-state index contributed by atoms with van der Waals surface area (Å²) in [6.45, 7) is 3.66. The van der Waals surface area contributed by atoms with Gasteiger partial charge in [-0.2, -0.15) is 0 Å². The Morgan fingerprint density at radius 3 is 2.95 bits per heavy atom. The van der Waals surface area contributed by atoms with Crippen molar-refractivity contribution in [2.24, 2.45) is 0 Å². The van der Waals surface area contributed by atoms with Crippen LogP contribution in [0.5, 0.6) is 5.75 Å². The molecule has 0 aliphatic heterocycles. The van der Waals surface area contributed by atoms with Crippen molar-refractivity contribution in [3.05, 3.63) is 45.9 Å². The van der Waals surface area contributed by atoms with Crippen LogP contribution in [0.25, 0.3) is 0 Å². The molecule has 2 rings (SSSR count). The molecule has 3 nitrogen and oxygen atoms in total. The van der Waals surface area contributed by atoms with Gasteiger partial charge >= 0.3 is 0 Å². The molecule has 0 amide bonds. The Hall–Kier alpha value is -1.39. The van der Waals surface area contributed by atoms with Crippen molar-refractivity contribution in [2.45, 2.75) is 26.3 Å². The molecule has 1 aromatic carbocycles. The fraction of sp³-hybridized carbons (Fsp3) is 0.400. The van der Waals surface area contributed by atoms with E-state index in [1.54, 1.807) is 11.3 Å². The highest BCUT2D eigenvalue weighted by atomic mass is 32.1. The number of aromatic nitrogens is 1. The first kappa shape index (κ1) is 14.0. The van der Waals surface area contributed by atoms with Crippen molar-refractivity contribution < 1.29 is 4.74 Å². The van der Waals surface area contributed by atoms with E-state index in [1.807, 2.05) is 19.2 Å². The molecule has 19 heavy (non-hydrogen) atoms. The summed E-state index contributed by atoms with van der Waals surface area (Å²) in [5, 5.41) is 6.35. The van der Waals surface area contributed by atoms with Crippen molar-refractivity contribution in [1.29, 1.82) is 0 Å². The molecule has 1 N–H and O–H groups in total. The zero-order valence-electron chi connectivity index (χ0n) is 11.5. The number of hydrogen-bond donors (Lipinski definition) is 1. The topological polar surface area (TPSA) is 34.1 Å². The van der Waals surface area contributed by atoms with Crippen LogP contribution in [0.3, 0.4) is 0 Å². The molecule has 0 unspecified atom stereocenters. The molecule has 4 heteroatoms. The van der Waals surface area contributed by atoms with Gasteiger partial charge in [-0.15, -0.1) is 11.3 Å². The van der Waals surface area contributed by atoms with Crippen LogP contribution < -0.4 is 10.1 Å². The van der Waals surface area contributed by atoms with Crippen molar-refractivity contribution in [1.82, 2.24) is 10.3 Å². The molecular formula is C15H20N2OS. The van der Waals surface area contributed by atoms with E-state index in [9.17, 15) is 0 Å². The second-order valence-corrected chi connectivity index (χ2v) is 5.27. The van der Waals surface area contributed by atoms with E-state index < -0.39 is 0 Å². The quantitative estimate of drug-likeness (QED) is 0.844. The lowest BCUT2D eigenvalue weighted by Gasteiger charge is -2.09. The van der Waals surface area contributed by atoms with E-state index in [0.29, 0.717) is 6.61 Å². The summed E-state index contributed by atoms with van der Waals surface area (Å²) >= 11 is 1.70. The summed E-state index contributed by atoms with van der Waals surface area (Å²) in [7, 11) is 1.93. The number of benzene rings is 1. The van der Waals surface area contributed by atoms with Crippen LogP contribution in [0.1, 0.15) is 23.2 Å². The number of rotatable bonds is 7. The Labute approximate surface area is 118 Å². The number of hydrogen-bond acceptors (Lipinski definition) is 4. The van der Waals surface area contributed by atoms with E-state index in [-0.39, 0.29) is 0 Å². The molecule has 0 aliphatic carbocycles. The summed E-state index contributed by atoms with van der Waals surface area (Å²) in [6, 6.07) is 8.22. The smallest absolute Gasteiger partial charge is 0.122 e. The largest absolute Gasteiger partial charge is 0.493 e. The van der Waals surface area contributed by atoms with Crippen molar-refractivity contribution in [3.63, 3.8) is 0 Å². The van der Waals surface area contributed by atoms with Crippen LogP contribution in [0, 0.1) is 0 Å². The zero-order valence-corrected chi connectivity index (χ0v) is 12.3. The molecule has 0 aliphatic rings. The Morgan fingerprint density at radius 1 is 1.32 bits per heavy atom. The van der Waals surface area contributed by atoms with Gasteiger partial charge in [0.2, 0.25) is 0 Å². The Kier molecular flexibility index (Phi) is 5.36. The molecule has 0 radical (unpaired) electrons. The molecule has 1 aromatic heterocycles. The van der Waals surface area contributed by atoms with Gasteiger partial charge in [0.05, 0.1) is 17.3 Å². The third-order valence-corrected chi connectivity index (χ3v) is 3.84. The van der Waals surface area contributed by atoms with Gasteiger partial charge in [-0.1, -0.05) is 25.1 Å². The molecule has 0 fully saturated rings. The van der Waals surface area contributed by atoms with Crippen LogP contribution >= 0.6 is 11.3 Å². The van der Waals surface area contributed by atoms with Crippen LogP contribution in [0.15, 0.2) is 29.6 Å². The van der Waals surface area contributed by atoms with Crippen LogP contribution in [-0.2, 0) is 19.4 Å². The maximum atomic E-state index is 5.85. The fourth-order valence-electron chi connectivity index (χ4n) is 1.91. The monoisotopic (exact) mass is 276 g/mol.